The topological polar surface area (TPSA) is 62.4 Å². The van der Waals surface area contributed by atoms with Gasteiger partial charge in [0.15, 0.2) is 0 Å². The summed E-state index contributed by atoms with van der Waals surface area (Å²) in [6.07, 6.45) is 5.26. The number of nitrogens with zero attached hydrogens (tertiary/aromatic N) is 2. The fourth-order valence-electron chi connectivity index (χ4n) is 2.51. The Bertz CT molecular complexity index is 381. The highest BCUT2D eigenvalue weighted by atomic mass is 16.3. The summed E-state index contributed by atoms with van der Waals surface area (Å²) in [5, 5.41) is 9.42. The van der Waals surface area contributed by atoms with Crippen LogP contribution in [0.3, 0.4) is 0 Å². The number of piperidine rings is 1. The van der Waals surface area contributed by atoms with Gasteiger partial charge >= 0.3 is 0 Å². The Morgan fingerprint density at radius 1 is 1.53 bits per heavy atom. The number of aliphatic hydroxyl groups excluding tert-OH is 1. The molecule has 0 spiro atoms. The normalized spacial score (nSPS) is 20.6. The highest BCUT2D eigenvalue weighted by Gasteiger charge is 2.23. The van der Waals surface area contributed by atoms with Gasteiger partial charge in [0.2, 0.25) is 0 Å². The van der Waals surface area contributed by atoms with E-state index >= 15 is 0 Å². The molecule has 1 aliphatic heterocycles. The predicted octanol–water partition coefficient (Wildman–Crippen LogP) is 1.20. The van der Waals surface area contributed by atoms with Crippen LogP contribution < -0.4 is 10.6 Å². The van der Waals surface area contributed by atoms with E-state index in [1.807, 2.05) is 6.20 Å². The van der Waals surface area contributed by atoms with Crippen molar-refractivity contribution in [3.63, 3.8) is 0 Å². The van der Waals surface area contributed by atoms with Gasteiger partial charge in [0.1, 0.15) is 5.82 Å². The Kier molecular flexibility index (Phi) is 3.97. The summed E-state index contributed by atoms with van der Waals surface area (Å²) >= 11 is 0. The van der Waals surface area contributed by atoms with E-state index in [4.69, 9.17) is 5.73 Å². The van der Waals surface area contributed by atoms with Crippen molar-refractivity contribution in [2.45, 2.75) is 38.8 Å². The monoisotopic (exact) mass is 235 g/mol. The van der Waals surface area contributed by atoms with E-state index in [0.717, 1.165) is 29.9 Å². The third kappa shape index (κ3) is 2.58. The largest absolute Gasteiger partial charge is 0.394 e. The molecule has 1 aliphatic rings. The SMILES string of the molecule is Cc1cc(CN)cnc1N1CCCCC1CO. The summed E-state index contributed by atoms with van der Waals surface area (Å²) in [5.41, 5.74) is 7.81. The van der Waals surface area contributed by atoms with Crippen molar-refractivity contribution in [1.29, 1.82) is 0 Å². The highest BCUT2D eigenvalue weighted by Crippen LogP contribution is 2.25. The molecule has 0 aromatic carbocycles. The molecular formula is C13H21N3O. The maximum absolute atomic E-state index is 9.42. The van der Waals surface area contributed by atoms with Crippen LogP contribution in [0.2, 0.25) is 0 Å². The van der Waals surface area contributed by atoms with Crippen LogP contribution in [0.25, 0.3) is 0 Å². The van der Waals surface area contributed by atoms with Crippen LogP contribution in [0.5, 0.6) is 0 Å². The predicted molar refractivity (Wildman–Crippen MR) is 68.9 cm³/mol. The first kappa shape index (κ1) is 12.3. The lowest BCUT2D eigenvalue weighted by molar-refractivity contribution is 0.239. The lowest BCUT2D eigenvalue weighted by atomic mass is 10.0. The third-order valence-electron chi connectivity index (χ3n) is 3.45. The van der Waals surface area contributed by atoms with Crippen molar-refractivity contribution in [2.75, 3.05) is 18.1 Å². The Morgan fingerprint density at radius 2 is 2.35 bits per heavy atom. The molecule has 2 rings (SSSR count). The molecule has 4 heteroatoms. The molecule has 0 bridgehead atoms. The summed E-state index contributed by atoms with van der Waals surface area (Å²) in [4.78, 5) is 6.74. The molecule has 17 heavy (non-hydrogen) atoms. The number of pyridine rings is 1. The van der Waals surface area contributed by atoms with E-state index < -0.39 is 0 Å². The van der Waals surface area contributed by atoms with Crippen molar-refractivity contribution < 1.29 is 5.11 Å². The van der Waals surface area contributed by atoms with E-state index in [1.165, 1.54) is 12.8 Å². The Labute approximate surface area is 102 Å². The molecule has 0 saturated carbocycles. The van der Waals surface area contributed by atoms with E-state index in [-0.39, 0.29) is 12.6 Å². The van der Waals surface area contributed by atoms with E-state index in [2.05, 4.69) is 22.9 Å². The minimum atomic E-state index is 0.208. The highest BCUT2D eigenvalue weighted by molar-refractivity contribution is 5.48. The Hall–Kier alpha value is -1.13. The van der Waals surface area contributed by atoms with Gasteiger partial charge in [-0.05, 0) is 43.4 Å². The van der Waals surface area contributed by atoms with Crippen molar-refractivity contribution in [3.05, 3.63) is 23.4 Å². The van der Waals surface area contributed by atoms with Gasteiger partial charge in [-0.15, -0.1) is 0 Å². The number of anilines is 1. The Balaban J connectivity index is 2.25. The number of hydrogen-bond donors (Lipinski definition) is 2. The second-order valence-corrected chi connectivity index (χ2v) is 4.71. The fraction of sp³-hybridized carbons (Fsp3) is 0.615. The van der Waals surface area contributed by atoms with Crippen molar-refractivity contribution in [1.82, 2.24) is 4.98 Å². The first-order valence-electron chi connectivity index (χ1n) is 6.29. The lowest BCUT2D eigenvalue weighted by Crippen LogP contribution is -2.42. The van der Waals surface area contributed by atoms with Gasteiger partial charge in [-0.25, -0.2) is 4.98 Å². The molecule has 1 aromatic heterocycles. The van der Waals surface area contributed by atoms with Crippen LogP contribution in [0, 0.1) is 6.92 Å². The maximum atomic E-state index is 9.42. The molecule has 1 fully saturated rings. The Morgan fingerprint density at radius 3 is 3.00 bits per heavy atom. The molecule has 0 radical (unpaired) electrons. The average molecular weight is 235 g/mol. The van der Waals surface area contributed by atoms with Gasteiger partial charge in [0.25, 0.3) is 0 Å². The zero-order valence-electron chi connectivity index (χ0n) is 10.4. The van der Waals surface area contributed by atoms with Crippen LogP contribution in [0.15, 0.2) is 12.3 Å². The summed E-state index contributed by atoms with van der Waals surface area (Å²) in [7, 11) is 0. The van der Waals surface area contributed by atoms with Gasteiger partial charge in [-0.1, -0.05) is 0 Å². The minimum absolute atomic E-state index is 0.208. The number of hydrogen-bond acceptors (Lipinski definition) is 4. The summed E-state index contributed by atoms with van der Waals surface area (Å²) in [6.45, 7) is 3.78. The van der Waals surface area contributed by atoms with Crippen LogP contribution >= 0.6 is 0 Å². The maximum Gasteiger partial charge on any atom is 0.131 e. The molecule has 1 unspecified atom stereocenters. The molecule has 1 aromatic rings. The van der Waals surface area contributed by atoms with Crippen LogP contribution in [0.1, 0.15) is 30.4 Å². The number of aromatic nitrogens is 1. The first-order valence-corrected chi connectivity index (χ1v) is 6.29. The molecule has 1 atom stereocenters. The van der Waals surface area contributed by atoms with E-state index in [0.29, 0.717) is 6.54 Å². The van der Waals surface area contributed by atoms with Crippen LogP contribution in [-0.2, 0) is 6.54 Å². The van der Waals surface area contributed by atoms with Gasteiger partial charge in [0, 0.05) is 19.3 Å². The molecule has 4 nitrogen and oxygen atoms in total. The fourth-order valence-corrected chi connectivity index (χ4v) is 2.51. The lowest BCUT2D eigenvalue weighted by Gasteiger charge is -2.36. The average Bonchev–Trinajstić information content (AvgIpc) is 2.38. The van der Waals surface area contributed by atoms with Crippen LogP contribution in [0.4, 0.5) is 5.82 Å². The van der Waals surface area contributed by atoms with Crippen molar-refractivity contribution in [3.8, 4) is 0 Å². The first-order chi connectivity index (χ1) is 8.26. The molecule has 3 N–H and O–H groups in total. The molecule has 0 aliphatic carbocycles. The standard InChI is InChI=1S/C13H21N3O/c1-10-6-11(7-14)8-15-13(10)16-5-3-2-4-12(16)9-17/h6,8,12,17H,2-5,7,9,14H2,1H3. The van der Waals surface area contributed by atoms with Crippen molar-refractivity contribution in [2.24, 2.45) is 5.73 Å². The van der Waals surface area contributed by atoms with Crippen LogP contribution in [-0.4, -0.2) is 29.3 Å². The minimum Gasteiger partial charge on any atom is -0.394 e. The molecule has 2 heterocycles. The van der Waals surface area contributed by atoms with Gasteiger partial charge in [0.05, 0.1) is 12.6 Å². The smallest absolute Gasteiger partial charge is 0.131 e. The molecule has 94 valence electrons. The zero-order chi connectivity index (χ0) is 12.3. The summed E-state index contributed by atoms with van der Waals surface area (Å²) < 4.78 is 0. The van der Waals surface area contributed by atoms with Gasteiger partial charge in [-0.2, -0.15) is 0 Å². The van der Waals surface area contributed by atoms with E-state index in [1.54, 1.807) is 0 Å². The summed E-state index contributed by atoms with van der Waals surface area (Å²) in [6, 6.07) is 2.31. The van der Waals surface area contributed by atoms with Gasteiger partial charge < -0.3 is 15.7 Å². The van der Waals surface area contributed by atoms with Crippen molar-refractivity contribution >= 4 is 5.82 Å². The van der Waals surface area contributed by atoms with E-state index in [9.17, 15) is 5.11 Å². The molecular weight excluding hydrogens is 214 g/mol. The second-order valence-electron chi connectivity index (χ2n) is 4.71. The second kappa shape index (κ2) is 5.47. The number of aryl methyl sites for hydroxylation is 1. The zero-order valence-corrected chi connectivity index (χ0v) is 10.4. The quantitative estimate of drug-likeness (QED) is 0.826. The number of aliphatic hydroxyl groups is 1. The number of rotatable bonds is 3. The molecule has 1 saturated heterocycles. The molecule has 0 amide bonds. The summed E-state index contributed by atoms with van der Waals surface area (Å²) in [5.74, 6) is 1.00. The third-order valence-corrected chi connectivity index (χ3v) is 3.45. The number of nitrogens with two attached hydrogens (primary N) is 1. The van der Waals surface area contributed by atoms with Gasteiger partial charge in [-0.3, -0.25) is 0 Å².